The molecular formula is C17H21N3O2. The number of fused-ring (bicyclic) bond motifs is 1. The van der Waals surface area contributed by atoms with Gasteiger partial charge in [0.2, 0.25) is 0 Å². The molecule has 1 heterocycles. The van der Waals surface area contributed by atoms with E-state index in [9.17, 15) is 5.11 Å². The van der Waals surface area contributed by atoms with Crippen molar-refractivity contribution >= 4 is 16.7 Å². The summed E-state index contributed by atoms with van der Waals surface area (Å²) in [7, 11) is 1.62. The Kier molecular flexibility index (Phi) is 3.28. The minimum absolute atomic E-state index is 0.185. The summed E-state index contributed by atoms with van der Waals surface area (Å²) in [4.78, 5) is 1.77. The van der Waals surface area contributed by atoms with Gasteiger partial charge in [-0.15, -0.1) is 0 Å². The number of hydrogen-bond donors (Lipinski definition) is 3. The maximum atomic E-state index is 10.6. The van der Waals surface area contributed by atoms with Gasteiger partial charge >= 0.3 is 0 Å². The third-order valence-corrected chi connectivity index (χ3v) is 3.74. The van der Waals surface area contributed by atoms with Crippen LogP contribution in [0.3, 0.4) is 0 Å². The normalized spacial score (nSPS) is 11.8. The van der Waals surface area contributed by atoms with Gasteiger partial charge in [0.05, 0.1) is 12.6 Å². The number of nitrogens with one attached hydrogen (secondary N) is 2. The second-order valence-electron chi connectivity index (χ2n) is 6.40. The highest BCUT2D eigenvalue weighted by Gasteiger charge is 2.22. The molecule has 5 nitrogen and oxygen atoms in total. The highest BCUT2D eigenvalue weighted by molar-refractivity contribution is 5.78. The van der Waals surface area contributed by atoms with E-state index >= 15 is 0 Å². The van der Waals surface area contributed by atoms with Crippen LogP contribution in [0.5, 0.6) is 11.5 Å². The van der Waals surface area contributed by atoms with Crippen molar-refractivity contribution in [3.63, 3.8) is 0 Å². The molecule has 0 spiro atoms. The first-order valence-corrected chi connectivity index (χ1v) is 7.24. The molecule has 0 saturated heterocycles. The molecule has 5 heteroatoms. The number of phenolic OH excluding ortho intramolecular Hbond substituents is 1. The largest absolute Gasteiger partial charge is 0.505 e. The number of phenols is 1. The van der Waals surface area contributed by atoms with E-state index in [2.05, 4.69) is 31.3 Å². The van der Waals surface area contributed by atoms with Crippen LogP contribution in [0.15, 0.2) is 36.4 Å². The van der Waals surface area contributed by atoms with Crippen LogP contribution in [0, 0.1) is 0 Å². The van der Waals surface area contributed by atoms with Crippen molar-refractivity contribution in [2.24, 2.45) is 0 Å². The molecule has 0 atom stereocenters. The van der Waals surface area contributed by atoms with E-state index in [1.165, 1.54) is 0 Å². The summed E-state index contributed by atoms with van der Waals surface area (Å²) in [5.41, 5.74) is 6.52. The Balaban J connectivity index is 2.03. The fraction of sp³-hybridized carbons (Fsp3) is 0.294. The highest BCUT2D eigenvalue weighted by atomic mass is 16.5. The van der Waals surface area contributed by atoms with Gasteiger partial charge in [-0.3, -0.25) is 10.5 Å². The van der Waals surface area contributed by atoms with Crippen LogP contribution >= 0.6 is 0 Å². The molecule has 0 saturated carbocycles. The maximum absolute atomic E-state index is 10.6. The molecular weight excluding hydrogens is 278 g/mol. The van der Waals surface area contributed by atoms with Gasteiger partial charge in [0.25, 0.3) is 0 Å². The summed E-state index contributed by atoms with van der Waals surface area (Å²) in [6.45, 7) is 6.17. The van der Waals surface area contributed by atoms with Gasteiger partial charge in [0.15, 0.2) is 0 Å². The molecule has 0 bridgehead atoms. The van der Waals surface area contributed by atoms with Crippen molar-refractivity contribution < 1.29 is 9.84 Å². The predicted octanol–water partition coefficient (Wildman–Crippen LogP) is 3.86. The Morgan fingerprint density at radius 3 is 2.55 bits per heavy atom. The van der Waals surface area contributed by atoms with Gasteiger partial charge in [-0.05, 0) is 23.6 Å². The molecule has 3 rings (SSSR count). The van der Waals surface area contributed by atoms with E-state index in [0.717, 1.165) is 16.6 Å². The molecule has 0 fully saturated rings. The van der Waals surface area contributed by atoms with Crippen molar-refractivity contribution in [3.05, 3.63) is 42.0 Å². The number of ether oxygens (including phenoxy) is 1. The highest BCUT2D eigenvalue weighted by Crippen LogP contribution is 2.39. The van der Waals surface area contributed by atoms with Crippen molar-refractivity contribution in [1.29, 1.82) is 0 Å². The zero-order valence-electron chi connectivity index (χ0n) is 13.3. The Bertz CT molecular complexity index is 809. The summed E-state index contributed by atoms with van der Waals surface area (Å²) < 4.78 is 5.36. The predicted molar refractivity (Wildman–Crippen MR) is 88.7 cm³/mol. The number of para-hydroxylation sites is 2. The van der Waals surface area contributed by atoms with E-state index in [1.54, 1.807) is 18.0 Å². The number of H-pyrrole nitrogens is 1. The van der Waals surface area contributed by atoms with Crippen LogP contribution in [-0.4, -0.2) is 22.1 Å². The van der Waals surface area contributed by atoms with Crippen molar-refractivity contribution in [1.82, 2.24) is 9.89 Å². The first kappa shape index (κ1) is 14.4. The monoisotopic (exact) mass is 299 g/mol. The lowest BCUT2D eigenvalue weighted by molar-refractivity contribution is 0.406. The Labute approximate surface area is 129 Å². The number of benzene rings is 2. The smallest absolute Gasteiger partial charge is 0.144 e. The van der Waals surface area contributed by atoms with Crippen molar-refractivity contribution in [2.75, 3.05) is 12.5 Å². The molecule has 3 aromatic rings. The molecule has 0 aliphatic rings. The third-order valence-electron chi connectivity index (χ3n) is 3.74. The van der Waals surface area contributed by atoms with Crippen molar-refractivity contribution in [3.8, 4) is 11.5 Å². The maximum Gasteiger partial charge on any atom is 0.144 e. The number of aromatic amines is 1. The number of methoxy groups -OCH3 is 1. The number of anilines is 1. The van der Waals surface area contributed by atoms with Gasteiger partial charge in [-0.1, -0.05) is 32.9 Å². The van der Waals surface area contributed by atoms with Crippen LogP contribution in [-0.2, 0) is 5.41 Å². The van der Waals surface area contributed by atoms with Crippen LogP contribution in [0.25, 0.3) is 11.0 Å². The van der Waals surface area contributed by atoms with E-state index < -0.39 is 0 Å². The number of rotatable bonds is 3. The zero-order valence-corrected chi connectivity index (χ0v) is 13.3. The SMILES string of the molecule is COc1cc(Nn2[nH]c3ccccc32)c(O)c(C(C)(C)C)c1. The van der Waals surface area contributed by atoms with Crippen LogP contribution in [0.1, 0.15) is 26.3 Å². The summed E-state index contributed by atoms with van der Waals surface area (Å²) >= 11 is 0. The zero-order chi connectivity index (χ0) is 15.9. The lowest BCUT2D eigenvalue weighted by Gasteiger charge is -2.25. The standard InChI is InChI=1S/C17H21N3O2/c1-17(2,3)12-9-11(22-4)10-14(16(12)21)19-20-15-8-6-5-7-13(15)18-20/h5-10,18-19,21H,1-4H3. The lowest BCUT2D eigenvalue weighted by Crippen LogP contribution is -2.20. The lowest BCUT2D eigenvalue weighted by atomic mass is 9.86. The molecule has 0 amide bonds. The molecule has 116 valence electrons. The summed E-state index contributed by atoms with van der Waals surface area (Å²) in [5.74, 6) is 0.943. The minimum Gasteiger partial charge on any atom is -0.505 e. The fourth-order valence-corrected chi connectivity index (χ4v) is 2.48. The van der Waals surface area contributed by atoms with E-state index in [4.69, 9.17) is 4.74 Å². The fourth-order valence-electron chi connectivity index (χ4n) is 2.48. The third kappa shape index (κ3) is 2.39. The molecule has 0 aliphatic heterocycles. The Hall–Kier alpha value is -2.56. The number of aromatic nitrogens is 2. The van der Waals surface area contributed by atoms with Gasteiger partial charge in [0, 0.05) is 11.6 Å². The number of nitrogens with zero attached hydrogens (tertiary/aromatic N) is 1. The van der Waals surface area contributed by atoms with Gasteiger partial charge in [-0.25, -0.2) is 0 Å². The molecule has 3 N–H and O–H groups in total. The Morgan fingerprint density at radius 2 is 1.91 bits per heavy atom. The summed E-state index contributed by atoms with van der Waals surface area (Å²) in [5, 5.41) is 13.8. The average molecular weight is 299 g/mol. The summed E-state index contributed by atoms with van der Waals surface area (Å²) in [6, 6.07) is 11.6. The molecule has 0 unspecified atom stereocenters. The van der Waals surface area contributed by atoms with Gasteiger partial charge < -0.3 is 9.84 Å². The second kappa shape index (κ2) is 5.02. The van der Waals surface area contributed by atoms with Gasteiger partial charge in [0.1, 0.15) is 22.7 Å². The molecule has 22 heavy (non-hydrogen) atoms. The molecule has 0 aliphatic carbocycles. The van der Waals surface area contributed by atoms with Crippen molar-refractivity contribution in [2.45, 2.75) is 26.2 Å². The van der Waals surface area contributed by atoms with E-state index in [-0.39, 0.29) is 11.2 Å². The minimum atomic E-state index is -0.185. The molecule has 2 aromatic carbocycles. The number of aromatic hydroxyl groups is 1. The average Bonchev–Trinajstić information content (AvgIpc) is 2.45. The first-order valence-electron chi connectivity index (χ1n) is 7.24. The number of hydrogen-bond acceptors (Lipinski definition) is 3. The van der Waals surface area contributed by atoms with Crippen LogP contribution < -0.4 is 10.2 Å². The topological polar surface area (TPSA) is 62.2 Å². The first-order chi connectivity index (χ1) is 10.4. The summed E-state index contributed by atoms with van der Waals surface area (Å²) in [6.07, 6.45) is 0. The Morgan fingerprint density at radius 1 is 1.18 bits per heavy atom. The van der Waals surface area contributed by atoms with E-state index in [0.29, 0.717) is 11.4 Å². The quantitative estimate of drug-likeness (QED) is 0.644. The molecule has 1 aromatic heterocycles. The van der Waals surface area contributed by atoms with Crippen LogP contribution in [0.2, 0.25) is 0 Å². The second-order valence-corrected chi connectivity index (χ2v) is 6.40. The van der Waals surface area contributed by atoms with E-state index in [1.807, 2.05) is 30.3 Å². The van der Waals surface area contributed by atoms with Gasteiger partial charge in [-0.2, -0.15) is 4.79 Å². The van der Waals surface area contributed by atoms with Crippen LogP contribution in [0.4, 0.5) is 5.69 Å². The molecule has 0 radical (unpaired) electrons.